The van der Waals surface area contributed by atoms with Crippen molar-refractivity contribution in [3.63, 3.8) is 0 Å². The number of ether oxygens (including phenoxy) is 1. The predicted octanol–water partition coefficient (Wildman–Crippen LogP) is 2.59. The third kappa shape index (κ3) is 4.82. The van der Waals surface area contributed by atoms with Gasteiger partial charge in [0.2, 0.25) is 0 Å². The van der Waals surface area contributed by atoms with Gasteiger partial charge in [-0.25, -0.2) is 0 Å². The largest absolute Gasteiger partial charge is 0.494 e. The van der Waals surface area contributed by atoms with Crippen LogP contribution in [0.15, 0.2) is 24.3 Å². The SMILES string of the molecule is CC(C)CCOc1ccc(CC(=N)N)cc1. The van der Waals surface area contributed by atoms with E-state index in [1.807, 2.05) is 24.3 Å². The van der Waals surface area contributed by atoms with Crippen LogP contribution < -0.4 is 10.5 Å². The van der Waals surface area contributed by atoms with Crippen molar-refractivity contribution in [3.8, 4) is 5.75 Å². The van der Waals surface area contributed by atoms with E-state index in [2.05, 4.69) is 13.8 Å². The molecule has 16 heavy (non-hydrogen) atoms. The molecule has 0 fully saturated rings. The monoisotopic (exact) mass is 220 g/mol. The Morgan fingerprint density at radius 2 is 1.94 bits per heavy atom. The minimum atomic E-state index is 0.188. The summed E-state index contributed by atoms with van der Waals surface area (Å²) in [6, 6.07) is 7.76. The molecule has 0 aliphatic heterocycles. The zero-order chi connectivity index (χ0) is 12.0. The second-order valence-corrected chi connectivity index (χ2v) is 4.38. The van der Waals surface area contributed by atoms with E-state index in [1.165, 1.54) is 0 Å². The van der Waals surface area contributed by atoms with Crippen molar-refractivity contribution in [2.75, 3.05) is 6.61 Å². The molecule has 3 N–H and O–H groups in total. The molecule has 0 saturated heterocycles. The Bertz CT molecular complexity index is 330. The van der Waals surface area contributed by atoms with Gasteiger partial charge in [-0.3, -0.25) is 5.41 Å². The Labute approximate surface area is 97.1 Å². The molecule has 0 aliphatic rings. The number of benzene rings is 1. The summed E-state index contributed by atoms with van der Waals surface area (Å²) in [5, 5.41) is 7.19. The standard InChI is InChI=1S/C13H20N2O/c1-10(2)7-8-16-12-5-3-11(4-6-12)9-13(14)15/h3-6,10H,7-9H2,1-2H3,(H3,14,15). The van der Waals surface area contributed by atoms with E-state index in [0.717, 1.165) is 24.3 Å². The lowest BCUT2D eigenvalue weighted by Gasteiger charge is -2.08. The molecular formula is C13H20N2O. The highest BCUT2D eigenvalue weighted by Gasteiger charge is 1.98. The fourth-order valence-corrected chi connectivity index (χ4v) is 1.34. The van der Waals surface area contributed by atoms with Crippen molar-refractivity contribution < 1.29 is 4.74 Å². The first-order valence-electron chi connectivity index (χ1n) is 5.62. The Hall–Kier alpha value is -1.51. The summed E-state index contributed by atoms with van der Waals surface area (Å²) in [6.07, 6.45) is 1.57. The first kappa shape index (κ1) is 12.6. The molecule has 0 radical (unpaired) electrons. The summed E-state index contributed by atoms with van der Waals surface area (Å²) in [6.45, 7) is 5.11. The lowest BCUT2D eigenvalue weighted by molar-refractivity contribution is 0.289. The molecule has 88 valence electrons. The van der Waals surface area contributed by atoms with E-state index in [9.17, 15) is 0 Å². The Kier molecular flexibility index (Phi) is 4.83. The molecule has 1 aromatic rings. The van der Waals surface area contributed by atoms with Gasteiger partial charge in [0.25, 0.3) is 0 Å². The topological polar surface area (TPSA) is 59.1 Å². The maximum atomic E-state index is 7.19. The van der Waals surface area contributed by atoms with Crippen LogP contribution in [0.3, 0.4) is 0 Å². The Balaban J connectivity index is 2.42. The Morgan fingerprint density at radius 3 is 2.44 bits per heavy atom. The van der Waals surface area contributed by atoms with E-state index >= 15 is 0 Å². The predicted molar refractivity (Wildman–Crippen MR) is 67.0 cm³/mol. The molecule has 1 rings (SSSR count). The van der Waals surface area contributed by atoms with Gasteiger partial charge in [0.1, 0.15) is 5.75 Å². The molecule has 0 saturated carbocycles. The van der Waals surface area contributed by atoms with E-state index < -0.39 is 0 Å². The van der Waals surface area contributed by atoms with Crippen LogP contribution in [0.5, 0.6) is 5.75 Å². The van der Waals surface area contributed by atoms with Gasteiger partial charge in [-0.2, -0.15) is 0 Å². The molecule has 0 amide bonds. The van der Waals surface area contributed by atoms with E-state index in [0.29, 0.717) is 12.3 Å². The van der Waals surface area contributed by atoms with Crippen molar-refractivity contribution in [2.24, 2.45) is 11.7 Å². The summed E-state index contributed by atoms with van der Waals surface area (Å²) < 4.78 is 5.59. The van der Waals surface area contributed by atoms with Crippen molar-refractivity contribution in [2.45, 2.75) is 26.7 Å². The Morgan fingerprint density at radius 1 is 1.31 bits per heavy atom. The average molecular weight is 220 g/mol. The van der Waals surface area contributed by atoms with Crippen LogP contribution in [-0.2, 0) is 6.42 Å². The first-order chi connectivity index (χ1) is 7.58. The van der Waals surface area contributed by atoms with Crippen molar-refractivity contribution in [3.05, 3.63) is 29.8 Å². The molecule has 0 aromatic heterocycles. The van der Waals surface area contributed by atoms with Crippen LogP contribution in [0.25, 0.3) is 0 Å². The normalized spacial score (nSPS) is 10.4. The van der Waals surface area contributed by atoms with Crippen LogP contribution in [-0.4, -0.2) is 12.4 Å². The van der Waals surface area contributed by atoms with Gasteiger partial charge in [-0.1, -0.05) is 26.0 Å². The third-order valence-corrected chi connectivity index (χ3v) is 2.28. The smallest absolute Gasteiger partial charge is 0.119 e. The van der Waals surface area contributed by atoms with E-state index in [1.54, 1.807) is 0 Å². The molecule has 0 bridgehead atoms. The molecule has 3 heteroatoms. The summed E-state index contributed by atoms with van der Waals surface area (Å²) in [4.78, 5) is 0. The minimum Gasteiger partial charge on any atom is -0.494 e. The lowest BCUT2D eigenvalue weighted by Crippen LogP contribution is -2.12. The summed E-state index contributed by atoms with van der Waals surface area (Å²) in [5.41, 5.74) is 6.37. The number of amidine groups is 1. The van der Waals surface area contributed by atoms with Gasteiger partial charge in [-0.15, -0.1) is 0 Å². The zero-order valence-electron chi connectivity index (χ0n) is 9.99. The van der Waals surface area contributed by atoms with Crippen LogP contribution in [0, 0.1) is 11.3 Å². The molecule has 0 spiro atoms. The van der Waals surface area contributed by atoms with Gasteiger partial charge in [0.15, 0.2) is 0 Å². The fraction of sp³-hybridized carbons (Fsp3) is 0.462. The highest BCUT2D eigenvalue weighted by molar-refractivity contribution is 5.79. The second kappa shape index (κ2) is 6.16. The molecule has 0 atom stereocenters. The molecule has 0 unspecified atom stereocenters. The van der Waals surface area contributed by atoms with Gasteiger partial charge in [0, 0.05) is 6.42 Å². The molecular weight excluding hydrogens is 200 g/mol. The van der Waals surface area contributed by atoms with Crippen LogP contribution in [0.2, 0.25) is 0 Å². The highest BCUT2D eigenvalue weighted by atomic mass is 16.5. The van der Waals surface area contributed by atoms with E-state index in [-0.39, 0.29) is 5.84 Å². The van der Waals surface area contributed by atoms with Gasteiger partial charge in [-0.05, 0) is 30.0 Å². The highest BCUT2D eigenvalue weighted by Crippen LogP contribution is 2.13. The fourth-order valence-electron chi connectivity index (χ4n) is 1.34. The van der Waals surface area contributed by atoms with Gasteiger partial charge in [0.05, 0.1) is 12.4 Å². The van der Waals surface area contributed by atoms with Gasteiger partial charge >= 0.3 is 0 Å². The maximum Gasteiger partial charge on any atom is 0.119 e. The van der Waals surface area contributed by atoms with Crippen LogP contribution in [0.1, 0.15) is 25.8 Å². The summed E-state index contributed by atoms with van der Waals surface area (Å²) in [5.74, 6) is 1.73. The molecule has 0 heterocycles. The number of nitrogens with two attached hydrogens (primary N) is 1. The number of nitrogens with one attached hydrogen (secondary N) is 1. The van der Waals surface area contributed by atoms with E-state index in [4.69, 9.17) is 15.9 Å². The van der Waals surface area contributed by atoms with Crippen LogP contribution in [0.4, 0.5) is 0 Å². The van der Waals surface area contributed by atoms with Gasteiger partial charge < -0.3 is 10.5 Å². The molecule has 0 aliphatic carbocycles. The summed E-state index contributed by atoms with van der Waals surface area (Å²) >= 11 is 0. The minimum absolute atomic E-state index is 0.188. The van der Waals surface area contributed by atoms with Crippen LogP contribution >= 0.6 is 0 Å². The lowest BCUT2D eigenvalue weighted by atomic mass is 10.1. The maximum absolute atomic E-state index is 7.19. The zero-order valence-corrected chi connectivity index (χ0v) is 9.99. The number of rotatable bonds is 6. The molecule has 3 nitrogen and oxygen atoms in total. The van der Waals surface area contributed by atoms with Crippen molar-refractivity contribution in [1.29, 1.82) is 5.41 Å². The summed E-state index contributed by atoms with van der Waals surface area (Å²) in [7, 11) is 0. The van der Waals surface area contributed by atoms with Crippen molar-refractivity contribution >= 4 is 5.84 Å². The number of hydrogen-bond acceptors (Lipinski definition) is 2. The quantitative estimate of drug-likeness (QED) is 0.572. The number of hydrogen-bond donors (Lipinski definition) is 2. The van der Waals surface area contributed by atoms with Crippen molar-refractivity contribution in [1.82, 2.24) is 0 Å². The third-order valence-electron chi connectivity index (χ3n) is 2.28. The average Bonchev–Trinajstić information content (AvgIpc) is 2.19. The molecule has 1 aromatic carbocycles. The first-order valence-corrected chi connectivity index (χ1v) is 5.62. The second-order valence-electron chi connectivity index (χ2n) is 4.38.